The number of aryl methyl sites for hydroxylation is 3. The zero-order valence-electron chi connectivity index (χ0n) is 35.9. The van der Waals surface area contributed by atoms with Crippen molar-refractivity contribution in [2.75, 3.05) is 0 Å². The van der Waals surface area contributed by atoms with E-state index in [0.717, 1.165) is 77.2 Å². The first kappa shape index (κ1) is 39.7. The highest BCUT2D eigenvalue weighted by Gasteiger charge is 2.31. The fraction of sp³-hybridized carbons (Fsp3) is 0.0678. The Labute approximate surface area is 374 Å². The van der Waals surface area contributed by atoms with Gasteiger partial charge in [-0.25, -0.2) is 4.85 Å². The van der Waals surface area contributed by atoms with Crippen LogP contribution >= 0.6 is 0 Å². The Bertz CT molecular complexity index is 3760. The van der Waals surface area contributed by atoms with Gasteiger partial charge in [-0.15, -0.1) is 0 Å². The summed E-state index contributed by atoms with van der Waals surface area (Å²) < 4.78 is 47.6. The molecule has 0 fully saturated rings. The van der Waals surface area contributed by atoms with Crippen LogP contribution in [0.4, 0.5) is 18.9 Å². The number of nitrogens with zero attached hydrogens (tertiary/aromatic N) is 3. The van der Waals surface area contributed by atoms with E-state index in [-0.39, 0.29) is 0 Å². The predicted octanol–water partition coefficient (Wildman–Crippen LogP) is 17.0. The summed E-state index contributed by atoms with van der Waals surface area (Å²) in [5.41, 5.74) is 14.9. The lowest BCUT2D eigenvalue weighted by Gasteiger charge is -2.21. The molecule has 0 aliphatic rings. The summed E-state index contributed by atoms with van der Waals surface area (Å²) in [6.07, 6.45) is -4.52. The topological polar surface area (TPSA) is 14.2 Å². The van der Waals surface area contributed by atoms with Crippen LogP contribution in [0.25, 0.3) is 104 Å². The van der Waals surface area contributed by atoms with Crippen LogP contribution in [0.2, 0.25) is 0 Å². The number of aromatic nitrogens is 2. The van der Waals surface area contributed by atoms with Gasteiger partial charge in [0.25, 0.3) is 0 Å². The van der Waals surface area contributed by atoms with Gasteiger partial charge in [0.2, 0.25) is 0 Å². The fourth-order valence-electron chi connectivity index (χ4n) is 9.78. The van der Waals surface area contributed by atoms with Gasteiger partial charge >= 0.3 is 6.18 Å². The zero-order chi connectivity index (χ0) is 44.6. The van der Waals surface area contributed by atoms with Gasteiger partial charge in [0.05, 0.1) is 39.9 Å². The Morgan fingerprint density at radius 2 is 0.892 bits per heavy atom. The minimum absolute atomic E-state index is 0.422. The van der Waals surface area contributed by atoms with E-state index >= 15 is 0 Å². The molecule has 0 bridgehead atoms. The summed E-state index contributed by atoms with van der Waals surface area (Å²) in [4.78, 5) is 4.18. The molecule has 312 valence electrons. The number of hydrogen-bond donors (Lipinski definition) is 0. The van der Waals surface area contributed by atoms with Crippen molar-refractivity contribution in [1.29, 1.82) is 0 Å². The summed E-state index contributed by atoms with van der Waals surface area (Å²) >= 11 is 0. The Morgan fingerprint density at radius 1 is 0.400 bits per heavy atom. The predicted molar refractivity (Wildman–Crippen MR) is 262 cm³/mol. The minimum Gasteiger partial charge on any atom is -0.310 e. The van der Waals surface area contributed by atoms with E-state index in [0.29, 0.717) is 33.5 Å². The molecular weight excluding hydrogens is 808 g/mol. The van der Waals surface area contributed by atoms with Crippen LogP contribution in [0.3, 0.4) is 0 Å². The lowest BCUT2D eigenvalue weighted by atomic mass is 9.93. The van der Waals surface area contributed by atoms with Gasteiger partial charge in [-0.05, 0) is 132 Å². The third kappa shape index (κ3) is 6.76. The van der Waals surface area contributed by atoms with Crippen molar-refractivity contribution < 1.29 is 13.2 Å². The van der Waals surface area contributed by atoms with Gasteiger partial charge in [-0.3, -0.25) is 0 Å². The zero-order valence-corrected chi connectivity index (χ0v) is 35.9. The average molecular weight is 848 g/mol. The molecule has 0 saturated heterocycles. The van der Waals surface area contributed by atoms with Crippen molar-refractivity contribution in [3.05, 3.63) is 222 Å². The third-order valence-electron chi connectivity index (χ3n) is 12.7. The lowest BCUT2D eigenvalue weighted by Crippen LogP contribution is -2.05. The first-order valence-electron chi connectivity index (χ1n) is 21.6. The molecule has 2 heterocycles. The number of halogens is 3. The molecule has 9 aromatic carbocycles. The van der Waals surface area contributed by atoms with Crippen molar-refractivity contribution >= 4 is 49.3 Å². The van der Waals surface area contributed by atoms with Gasteiger partial charge in [0, 0.05) is 32.8 Å². The van der Waals surface area contributed by atoms with Crippen molar-refractivity contribution in [3.8, 4) is 55.9 Å². The maximum atomic E-state index is 14.4. The fourth-order valence-corrected chi connectivity index (χ4v) is 9.78. The monoisotopic (exact) mass is 847 g/mol. The summed E-state index contributed by atoms with van der Waals surface area (Å²) in [7, 11) is 0. The minimum atomic E-state index is -4.52. The van der Waals surface area contributed by atoms with Gasteiger partial charge in [0.15, 0.2) is 5.69 Å². The molecular formula is C59H40F3N3. The van der Waals surface area contributed by atoms with Crippen molar-refractivity contribution in [3.63, 3.8) is 0 Å². The van der Waals surface area contributed by atoms with E-state index in [9.17, 15) is 13.2 Å². The second kappa shape index (κ2) is 15.3. The number of benzene rings is 9. The van der Waals surface area contributed by atoms with Crippen LogP contribution in [0.15, 0.2) is 188 Å². The molecule has 0 atom stereocenters. The first-order valence-corrected chi connectivity index (χ1v) is 21.6. The SMILES string of the molecule is [C-]#[N+]c1cccc(-n2c3ccccc3c3cc(-c4cccc(C)c4)ccc32)c1-c1cc(-c2cc(C)cc(C(F)(F)F)c2)ccc1-n1c2ccccc2c2cc(-c3cccc(C)c3)ccc21. The van der Waals surface area contributed by atoms with E-state index in [4.69, 9.17) is 6.57 Å². The number of fused-ring (bicyclic) bond motifs is 6. The molecule has 3 nitrogen and oxygen atoms in total. The van der Waals surface area contributed by atoms with Gasteiger partial charge in [-0.1, -0.05) is 132 Å². The first-order chi connectivity index (χ1) is 31.5. The van der Waals surface area contributed by atoms with Gasteiger partial charge in [-0.2, -0.15) is 13.2 Å². The number of para-hydroxylation sites is 2. The largest absolute Gasteiger partial charge is 0.416 e. The molecule has 65 heavy (non-hydrogen) atoms. The van der Waals surface area contributed by atoms with Crippen LogP contribution in [0.1, 0.15) is 22.3 Å². The Balaban J connectivity index is 1.23. The smallest absolute Gasteiger partial charge is 0.310 e. The Kier molecular flexibility index (Phi) is 9.34. The average Bonchev–Trinajstić information content (AvgIpc) is 3.82. The highest BCUT2D eigenvalue weighted by Crippen LogP contribution is 2.47. The van der Waals surface area contributed by atoms with Gasteiger partial charge < -0.3 is 9.13 Å². The second-order valence-corrected chi connectivity index (χ2v) is 17.0. The molecule has 6 heteroatoms. The molecule has 2 aromatic heterocycles. The van der Waals surface area contributed by atoms with Crippen LogP contribution in [0, 0.1) is 27.3 Å². The molecule has 0 spiro atoms. The van der Waals surface area contributed by atoms with E-state index < -0.39 is 11.7 Å². The Morgan fingerprint density at radius 3 is 1.46 bits per heavy atom. The standard InChI is InChI=1S/C59H40F3N3/c1-36-12-9-14-39(28-36)41-22-25-54-48(33-41)46-16-5-7-19-52(46)64(54)56-27-24-43(44-30-38(3)31-45(32-44)59(60,61)62)35-50(56)58-51(63-4)18-11-21-57(58)65-53-20-8-6-17-47(53)49-34-42(23-26-55(49)65)40-15-10-13-37(2)29-40/h5-35H,1-3H3. The molecule has 0 aliphatic carbocycles. The summed E-state index contributed by atoms with van der Waals surface area (Å²) in [6.45, 7) is 14.6. The van der Waals surface area contributed by atoms with Crippen molar-refractivity contribution in [1.82, 2.24) is 9.13 Å². The molecule has 0 unspecified atom stereocenters. The summed E-state index contributed by atoms with van der Waals surface area (Å²) in [5, 5.41) is 4.26. The van der Waals surface area contributed by atoms with E-state index in [1.807, 2.05) is 54.6 Å². The maximum Gasteiger partial charge on any atom is 0.416 e. The summed E-state index contributed by atoms with van der Waals surface area (Å²) in [6, 6.07) is 62.6. The van der Waals surface area contributed by atoms with Crippen LogP contribution < -0.4 is 0 Å². The molecule has 0 aliphatic heterocycles. The summed E-state index contributed by atoms with van der Waals surface area (Å²) in [5.74, 6) is 0. The van der Waals surface area contributed by atoms with Crippen LogP contribution in [-0.4, -0.2) is 9.13 Å². The maximum absolute atomic E-state index is 14.4. The van der Waals surface area contributed by atoms with Crippen molar-refractivity contribution in [2.45, 2.75) is 26.9 Å². The van der Waals surface area contributed by atoms with Crippen molar-refractivity contribution in [2.24, 2.45) is 0 Å². The lowest BCUT2D eigenvalue weighted by molar-refractivity contribution is -0.137. The quantitative estimate of drug-likeness (QED) is 0.148. The van der Waals surface area contributed by atoms with E-state index in [2.05, 4.69) is 143 Å². The van der Waals surface area contributed by atoms with Crippen LogP contribution in [-0.2, 0) is 6.18 Å². The highest BCUT2D eigenvalue weighted by molar-refractivity contribution is 6.13. The second-order valence-electron chi connectivity index (χ2n) is 17.0. The Hall–Kier alpha value is -8.14. The molecule has 0 radical (unpaired) electrons. The van der Waals surface area contributed by atoms with E-state index in [1.165, 1.54) is 23.3 Å². The molecule has 0 amide bonds. The third-order valence-corrected chi connectivity index (χ3v) is 12.7. The molecule has 11 rings (SSSR count). The molecule has 0 N–H and O–H groups in total. The number of hydrogen-bond acceptors (Lipinski definition) is 0. The highest BCUT2D eigenvalue weighted by atomic mass is 19.4. The van der Waals surface area contributed by atoms with Crippen LogP contribution in [0.5, 0.6) is 0 Å². The van der Waals surface area contributed by atoms with Gasteiger partial charge in [0.1, 0.15) is 0 Å². The normalized spacial score (nSPS) is 11.8. The molecule has 11 aromatic rings. The number of rotatable bonds is 6. The van der Waals surface area contributed by atoms with E-state index in [1.54, 1.807) is 13.0 Å². The number of alkyl halides is 3. The molecule has 0 saturated carbocycles.